The summed E-state index contributed by atoms with van der Waals surface area (Å²) in [5.74, 6) is 0.738. The highest BCUT2D eigenvalue weighted by Crippen LogP contribution is 2.27. The normalized spacial score (nSPS) is 13.7. The Hall–Kier alpha value is -4.25. The molecule has 0 atom stereocenters. The van der Waals surface area contributed by atoms with Gasteiger partial charge >= 0.3 is 0 Å². The summed E-state index contributed by atoms with van der Waals surface area (Å²) < 4.78 is 30.6. The van der Waals surface area contributed by atoms with Crippen LogP contribution in [0.4, 0.5) is 15.9 Å². The Bertz CT molecular complexity index is 1270. The van der Waals surface area contributed by atoms with Crippen molar-refractivity contribution >= 4 is 17.4 Å². The first-order chi connectivity index (χ1) is 17.7. The zero-order valence-corrected chi connectivity index (χ0v) is 19.5. The van der Waals surface area contributed by atoms with E-state index >= 15 is 4.39 Å². The predicted octanol–water partition coefficient (Wildman–Crippen LogP) is 3.34. The minimum atomic E-state index is -0.351. The Morgan fingerprint density at radius 1 is 1.08 bits per heavy atom. The SMILES string of the molecule is O=C(COCc1ccccn1)N1CCN(c2ccc(-c3cc(CNc4ccon4)on3)cc2F)CC1. The summed E-state index contributed by atoms with van der Waals surface area (Å²) >= 11 is 0. The molecule has 0 radical (unpaired) electrons. The van der Waals surface area contributed by atoms with Gasteiger partial charge in [0.1, 0.15) is 24.4 Å². The van der Waals surface area contributed by atoms with E-state index in [0.717, 1.165) is 5.69 Å². The Labute approximate surface area is 206 Å². The van der Waals surface area contributed by atoms with Crippen LogP contribution in [0.1, 0.15) is 11.5 Å². The molecule has 0 aliphatic carbocycles. The first kappa shape index (κ1) is 23.5. The van der Waals surface area contributed by atoms with Crippen LogP contribution >= 0.6 is 0 Å². The van der Waals surface area contributed by atoms with E-state index < -0.39 is 0 Å². The predicted molar refractivity (Wildman–Crippen MR) is 128 cm³/mol. The summed E-state index contributed by atoms with van der Waals surface area (Å²) in [5, 5.41) is 10.9. The van der Waals surface area contributed by atoms with Gasteiger partial charge in [-0.15, -0.1) is 0 Å². The zero-order valence-electron chi connectivity index (χ0n) is 19.5. The second-order valence-electron chi connectivity index (χ2n) is 8.26. The number of rotatable bonds is 9. The molecule has 1 saturated heterocycles. The van der Waals surface area contributed by atoms with Crippen molar-refractivity contribution in [3.05, 3.63) is 78.3 Å². The van der Waals surface area contributed by atoms with Gasteiger partial charge in [0.15, 0.2) is 11.6 Å². The number of ether oxygens (including phenoxy) is 1. The number of hydrogen-bond acceptors (Lipinski definition) is 9. The largest absolute Gasteiger partial charge is 0.366 e. The van der Waals surface area contributed by atoms with Gasteiger partial charge in [-0.2, -0.15) is 0 Å². The summed E-state index contributed by atoms with van der Waals surface area (Å²) in [4.78, 5) is 20.3. The summed E-state index contributed by atoms with van der Waals surface area (Å²) in [6.45, 7) is 2.71. The fourth-order valence-electron chi connectivity index (χ4n) is 3.95. The molecular formula is C25H25FN6O4. The van der Waals surface area contributed by atoms with Crippen molar-refractivity contribution in [2.75, 3.05) is 43.0 Å². The van der Waals surface area contributed by atoms with E-state index in [1.54, 1.807) is 29.3 Å². The van der Waals surface area contributed by atoms with Crippen LogP contribution in [0.15, 0.2) is 70.0 Å². The summed E-state index contributed by atoms with van der Waals surface area (Å²) in [6, 6.07) is 14.0. The van der Waals surface area contributed by atoms with Crippen molar-refractivity contribution in [3.8, 4) is 11.3 Å². The quantitative estimate of drug-likeness (QED) is 0.376. The molecule has 11 heteroatoms. The number of nitrogens with zero attached hydrogens (tertiary/aromatic N) is 5. The first-order valence-corrected chi connectivity index (χ1v) is 11.6. The Kier molecular flexibility index (Phi) is 7.17. The number of amides is 1. The molecule has 186 valence electrons. The number of piperazine rings is 1. The van der Waals surface area contributed by atoms with E-state index in [9.17, 15) is 4.79 Å². The molecular weight excluding hydrogens is 467 g/mol. The van der Waals surface area contributed by atoms with Gasteiger partial charge in [-0.05, 0) is 24.3 Å². The minimum absolute atomic E-state index is 0.00652. The highest BCUT2D eigenvalue weighted by molar-refractivity contribution is 5.77. The molecule has 0 unspecified atom stereocenters. The van der Waals surface area contributed by atoms with Crippen LogP contribution in [0.5, 0.6) is 0 Å². The number of carbonyl (C=O) groups is 1. The molecule has 0 saturated carbocycles. The van der Waals surface area contributed by atoms with Crippen LogP contribution in [0.2, 0.25) is 0 Å². The van der Waals surface area contributed by atoms with E-state index in [0.29, 0.717) is 61.2 Å². The molecule has 4 heterocycles. The average molecular weight is 493 g/mol. The summed E-state index contributed by atoms with van der Waals surface area (Å²) in [5.41, 5.74) is 2.43. The number of hydrogen-bond donors (Lipinski definition) is 1. The molecule has 1 aromatic carbocycles. The second kappa shape index (κ2) is 11.0. The lowest BCUT2D eigenvalue weighted by molar-refractivity contribution is -0.136. The molecule has 1 amide bonds. The van der Waals surface area contributed by atoms with Crippen LogP contribution < -0.4 is 10.2 Å². The second-order valence-corrected chi connectivity index (χ2v) is 8.26. The molecule has 1 aliphatic rings. The molecule has 4 aromatic rings. The molecule has 1 aliphatic heterocycles. The maximum atomic E-state index is 15.0. The van der Waals surface area contributed by atoms with Crippen molar-refractivity contribution in [2.24, 2.45) is 0 Å². The number of aromatic nitrogens is 3. The molecule has 5 rings (SSSR count). The van der Waals surface area contributed by atoms with Crippen molar-refractivity contribution in [3.63, 3.8) is 0 Å². The lowest BCUT2D eigenvalue weighted by Gasteiger charge is -2.36. The molecule has 36 heavy (non-hydrogen) atoms. The molecule has 1 fully saturated rings. The zero-order chi connectivity index (χ0) is 24.7. The van der Waals surface area contributed by atoms with E-state index in [2.05, 4.69) is 20.6 Å². The number of anilines is 2. The van der Waals surface area contributed by atoms with Crippen molar-refractivity contribution in [1.29, 1.82) is 0 Å². The summed E-state index contributed by atoms with van der Waals surface area (Å²) in [6.07, 6.45) is 3.16. The first-order valence-electron chi connectivity index (χ1n) is 11.6. The highest BCUT2D eigenvalue weighted by Gasteiger charge is 2.23. The monoisotopic (exact) mass is 492 g/mol. The van der Waals surface area contributed by atoms with Crippen molar-refractivity contribution < 1.29 is 23.0 Å². The average Bonchev–Trinajstić information content (AvgIpc) is 3.61. The van der Waals surface area contributed by atoms with Gasteiger partial charge in [0.2, 0.25) is 5.91 Å². The number of nitrogens with one attached hydrogen (secondary N) is 1. The highest BCUT2D eigenvalue weighted by atomic mass is 19.1. The molecule has 0 bridgehead atoms. The maximum absolute atomic E-state index is 15.0. The van der Waals surface area contributed by atoms with E-state index in [4.69, 9.17) is 13.8 Å². The van der Waals surface area contributed by atoms with E-state index in [1.807, 2.05) is 29.2 Å². The fourth-order valence-corrected chi connectivity index (χ4v) is 3.95. The number of carbonyl (C=O) groups excluding carboxylic acids is 1. The van der Waals surface area contributed by atoms with E-state index in [1.165, 1.54) is 12.3 Å². The van der Waals surface area contributed by atoms with Crippen LogP contribution in [-0.2, 0) is 22.7 Å². The lowest BCUT2D eigenvalue weighted by atomic mass is 10.1. The van der Waals surface area contributed by atoms with Gasteiger partial charge in [0.05, 0.1) is 24.5 Å². The molecule has 1 N–H and O–H groups in total. The third-order valence-electron chi connectivity index (χ3n) is 5.86. The summed E-state index contributed by atoms with van der Waals surface area (Å²) in [7, 11) is 0. The van der Waals surface area contributed by atoms with Gasteiger partial charge < -0.3 is 28.9 Å². The number of benzene rings is 1. The number of halogens is 1. The smallest absolute Gasteiger partial charge is 0.248 e. The Balaban J connectivity index is 1.12. The third-order valence-corrected chi connectivity index (χ3v) is 5.86. The Morgan fingerprint density at radius 3 is 2.72 bits per heavy atom. The fraction of sp³-hybridized carbons (Fsp3) is 0.280. The van der Waals surface area contributed by atoms with Crippen LogP contribution in [-0.4, -0.2) is 58.9 Å². The van der Waals surface area contributed by atoms with Crippen molar-refractivity contribution in [2.45, 2.75) is 13.2 Å². The van der Waals surface area contributed by atoms with Gasteiger partial charge in [-0.25, -0.2) is 4.39 Å². The van der Waals surface area contributed by atoms with Crippen LogP contribution in [0.3, 0.4) is 0 Å². The van der Waals surface area contributed by atoms with Gasteiger partial charge in [-0.1, -0.05) is 22.4 Å². The van der Waals surface area contributed by atoms with Gasteiger partial charge in [0, 0.05) is 50.1 Å². The number of pyridine rings is 1. The van der Waals surface area contributed by atoms with Crippen LogP contribution in [0.25, 0.3) is 11.3 Å². The lowest BCUT2D eigenvalue weighted by Crippen LogP contribution is -2.50. The van der Waals surface area contributed by atoms with Crippen LogP contribution in [0, 0.1) is 5.82 Å². The van der Waals surface area contributed by atoms with E-state index in [-0.39, 0.29) is 24.9 Å². The topological polar surface area (TPSA) is 110 Å². The third kappa shape index (κ3) is 5.69. The standard InChI is InChI=1S/C25H25FN6O4/c26-21-13-18(22-14-20(36-29-22)15-28-24-6-12-35-30-24)4-5-23(21)31-8-10-32(11-9-31)25(33)17-34-16-19-3-1-2-7-27-19/h1-7,12-14H,8-11,15-17H2,(H,28,30). The maximum Gasteiger partial charge on any atom is 0.248 e. The minimum Gasteiger partial charge on any atom is -0.366 e. The Morgan fingerprint density at radius 2 is 1.97 bits per heavy atom. The molecule has 10 nitrogen and oxygen atoms in total. The molecule has 0 spiro atoms. The van der Waals surface area contributed by atoms with Crippen molar-refractivity contribution in [1.82, 2.24) is 20.2 Å². The van der Waals surface area contributed by atoms with Gasteiger partial charge in [0.25, 0.3) is 0 Å². The molecule has 3 aromatic heterocycles. The van der Waals surface area contributed by atoms with Gasteiger partial charge in [-0.3, -0.25) is 9.78 Å².